The number of rotatable bonds is 3. The molecule has 2 heterocycles. The lowest BCUT2D eigenvalue weighted by atomic mass is 10.1. The average molecular weight is 197 g/mol. The number of nitrogens with one attached hydrogen (secondary N) is 1. The molecule has 0 radical (unpaired) electrons. The second-order valence-corrected chi connectivity index (χ2v) is 3.51. The van der Waals surface area contributed by atoms with E-state index in [4.69, 9.17) is 9.26 Å². The van der Waals surface area contributed by atoms with Gasteiger partial charge in [-0.25, -0.2) is 0 Å². The van der Waals surface area contributed by atoms with Gasteiger partial charge in [0.1, 0.15) is 6.61 Å². The first-order valence-electron chi connectivity index (χ1n) is 4.96. The maximum Gasteiger partial charge on any atom is 0.252 e. The molecule has 0 spiro atoms. The zero-order valence-electron chi connectivity index (χ0n) is 8.32. The van der Waals surface area contributed by atoms with Gasteiger partial charge in [-0.2, -0.15) is 4.98 Å². The molecule has 1 atom stereocenters. The van der Waals surface area contributed by atoms with Crippen molar-refractivity contribution in [2.24, 2.45) is 0 Å². The van der Waals surface area contributed by atoms with Crippen LogP contribution in [0.2, 0.25) is 0 Å². The molecule has 0 bridgehead atoms. The third-order valence-electron chi connectivity index (χ3n) is 2.26. The Morgan fingerprint density at radius 3 is 3.21 bits per heavy atom. The summed E-state index contributed by atoms with van der Waals surface area (Å²) in [6, 6.07) is 0. The normalized spacial score (nSPS) is 22.5. The molecule has 1 saturated heterocycles. The van der Waals surface area contributed by atoms with E-state index in [0.29, 0.717) is 18.3 Å². The van der Waals surface area contributed by atoms with Crippen LogP contribution in [0.15, 0.2) is 4.52 Å². The standard InChI is InChI=1S/C9H15N3O2/c1-7-11-9(14-12-7)6-13-8-3-2-4-10-5-8/h8,10H,2-6H2,1H3. The number of aromatic nitrogens is 2. The molecule has 1 N–H and O–H groups in total. The maximum absolute atomic E-state index is 5.62. The highest BCUT2D eigenvalue weighted by Crippen LogP contribution is 2.08. The summed E-state index contributed by atoms with van der Waals surface area (Å²) in [4.78, 5) is 4.07. The van der Waals surface area contributed by atoms with Crippen molar-refractivity contribution in [3.63, 3.8) is 0 Å². The third-order valence-corrected chi connectivity index (χ3v) is 2.26. The molecule has 0 aliphatic carbocycles. The molecule has 0 amide bonds. The third kappa shape index (κ3) is 2.52. The Bertz CT molecular complexity index is 281. The quantitative estimate of drug-likeness (QED) is 0.770. The highest BCUT2D eigenvalue weighted by Gasteiger charge is 2.14. The van der Waals surface area contributed by atoms with Crippen molar-refractivity contribution in [2.45, 2.75) is 32.5 Å². The summed E-state index contributed by atoms with van der Waals surface area (Å²) in [5, 5.41) is 6.98. The van der Waals surface area contributed by atoms with Crippen LogP contribution in [0, 0.1) is 6.92 Å². The summed E-state index contributed by atoms with van der Waals surface area (Å²) < 4.78 is 10.6. The van der Waals surface area contributed by atoms with E-state index in [2.05, 4.69) is 15.5 Å². The van der Waals surface area contributed by atoms with E-state index < -0.39 is 0 Å². The average Bonchev–Trinajstić information content (AvgIpc) is 2.63. The Hall–Kier alpha value is -0.940. The minimum Gasteiger partial charge on any atom is -0.367 e. The van der Waals surface area contributed by atoms with Crippen LogP contribution >= 0.6 is 0 Å². The van der Waals surface area contributed by atoms with E-state index in [0.717, 1.165) is 19.5 Å². The van der Waals surface area contributed by atoms with Crippen molar-refractivity contribution in [1.29, 1.82) is 0 Å². The van der Waals surface area contributed by atoms with Gasteiger partial charge in [0.2, 0.25) is 0 Å². The molecule has 1 aliphatic rings. The Balaban J connectivity index is 1.76. The SMILES string of the molecule is Cc1noc(COC2CCCNC2)n1. The molecule has 1 fully saturated rings. The van der Waals surface area contributed by atoms with E-state index in [1.165, 1.54) is 6.42 Å². The minimum atomic E-state index is 0.288. The van der Waals surface area contributed by atoms with E-state index in [-0.39, 0.29) is 6.10 Å². The molecular formula is C9H15N3O2. The van der Waals surface area contributed by atoms with E-state index in [1.807, 2.05) is 0 Å². The van der Waals surface area contributed by atoms with Gasteiger partial charge in [0.15, 0.2) is 5.82 Å². The van der Waals surface area contributed by atoms with Gasteiger partial charge in [0.25, 0.3) is 5.89 Å². The molecular weight excluding hydrogens is 182 g/mol. The van der Waals surface area contributed by atoms with Crippen LogP contribution in [0.1, 0.15) is 24.6 Å². The lowest BCUT2D eigenvalue weighted by molar-refractivity contribution is 0.0124. The van der Waals surface area contributed by atoms with Crippen LogP contribution in [0.4, 0.5) is 0 Å². The summed E-state index contributed by atoms with van der Waals surface area (Å²) in [7, 11) is 0. The molecule has 1 aliphatic heterocycles. The van der Waals surface area contributed by atoms with E-state index in [1.54, 1.807) is 6.92 Å². The van der Waals surface area contributed by atoms with Crippen molar-refractivity contribution < 1.29 is 9.26 Å². The van der Waals surface area contributed by atoms with Crippen molar-refractivity contribution in [3.05, 3.63) is 11.7 Å². The molecule has 0 aromatic carbocycles. The predicted octanol–water partition coefficient (Wildman–Crippen LogP) is 0.647. The molecule has 5 nitrogen and oxygen atoms in total. The molecule has 5 heteroatoms. The Morgan fingerprint density at radius 1 is 1.64 bits per heavy atom. The topological polar surface area (TPSA) is 60.2 Å². The van der Waals surface area contributed by atoms with Crippen molar-refractivity contribution >= 4 is 0 Å². The largest absolute Gasteiger partial charge is 0.367 e. The van der Waals surface area contributed by atoms with Crippen LogP contribution in [0.3, 0.4) is 0 Å². The van der Waals surface area contributed by atoms with E-state index in [9.17, 15) is 0 Å². The molecule has 2 rings (SSSR count). The highest BCUT2D eigenvalue weighted by molar-refractivity contribution is 4.80. The first-order valence-corrected chi connectivity index (χ1v) is 4.96. The highest BCUT2D eigenvalue weighted by atomic mass is 16.5. The van der Waals surface area contributed by atoms with Crippen molar-refractivity contribution in [3.8, 4) is 0 Å². The fraction of sp³-hybridized carbons (Fsp3) is 0.778. The molecule has 1 aromatic heterocycles. The van der Waals surface area contributed by atoms with Gasteiger partial charge in [-0.1, -0.05) is 5.16 Å². The smallest absolute Gasteiger partial charge is 0.252 e. The van der Waals surface area contributed by atoms with Crippen LogP contribution in [0.5, 0.6) is 0 Å². The van der Waals surface area contributed by atoms with E-state index >= 15 is 0 Å². The number of hydrogen-bond acceptors (Lipinski definition) is 5. The summed E-state index contributed by atoms with van der Waals surface area (Å²) in [6.45, 7) is 4.25. The zero-order valence-corrected chi connectivity index (χ0v) is 8.32. The lowest BCUT2D eigenvalue weighted by Gasteiger charge is -2.22. The maximum atomic E-state index is 5.62. The number of nitrogens with zero attached hydrogens (tertiary/aromatic N) is 2. The van der Waals surface area contributed by atoms with Crippen LogP contribution in [-0.2, 0) is 11.3 Å². The van der Waals surface area contributed by atoms with Gasteiger partial charge in [-0.15, -0.1) is 0 Å². The summed E-state index contributed by atoms with van der Waals surface area (Å²) in [5.41, 5.74) is 0. The number of piperidine rings is 1. The van der Waals surface area contributed by atoms with Crippen LogP contribution in [0.25, 0.3) is 0 Å². The van der Waals surface area contributed by atoms with Gasteiger partial charge < -0.3 is 14.6 Å². The molecule has 1 unspecified atom stereocenters. The van der Waals surface area contributed by atoms with Crippen LogP contribution in [-0.4, -0.2) is 29.3 Å². The van der Waals surface area contributed by atoms with Gasteiger partial charge in [0, 0.05) is 6.54 Å². The van der Waals surface area contributed by atoms with Gasteiger partial charge in [-0.05, 0) is 26.3 Å². The summed E-state index contributed by atoms with van der Waals surface area (Å²) in [6.07, 6.45) is 2.57. The summed E-state index contributed by atoms with van der Waals surface area (Å²) >= 11 is 0. The number of ether oxygens (including phenoxy) is 1. The number of aryl methyl sites for hydroxylation is 1. The van der Waals surface area contributed by atoms with Gasteiger partial charge >= 0.3 is 0 Å². The van der Waals surface area contributed by atoms with Gasteiger partial charge in [0.05, 0.1) is 6.10 Å². The summed E-state index contributed by atoms with van der Waals surface area (Å²) in [5.74, 6) is 1.22. The van der Waals surface area contributed by atoms with Crippen LogP contribution < -0.4 is 5.32 Å². The molecule has 1 aromatic rings. The second-order valence-electron chi connectivity index (χ2n) is 3.51. The van der Waals surface area contributed by atoms with Crippen molar-refractivity contribution in [2.75, 3.05) is 13.1 Å². The fourth-order valence-corrected chi connectivity index (χ4v) is 1.55. The first kappa shape index (κ1) is 9.61. The second kappa shape index (κ2) is 4.52. The lowest BCUT2D eigenvalue weighted by Crippen LogP contribution is -2.35. The molecule has 78 valence electrons. The molecule has 14 heavy (non-hydrogen) atoms. The Labute approximate surface area is 82.8 Å². The Morgan fingerprint density at radius 2 is 2.57 bits per heavy atom. The van der Waals surface area contributed by atoms with Gasteiger partial charge in [-0.3, -0.25) is 0 Å². The fourth-order valence-electron chi connectivity index (χ4n) is 1.55. The van der Waals surface area contributed by atoms with Crippen molar-refractivity contribution in [1.82, 2.24) is 15.5 Å². The minimum absolute atomic E-state index is 0.288. The molecule has 0 saturated carbocycles. The first-order chi connectivity index (χ1) is 6.84. The monoisotopic (exact) mass is 197 g/mol. The number of hydrogen-bond donors (Lipinski definition) is 1. The Kier molecular flexibility index (Phi) is 3.10. The predicted molar refractivity (Wildman–Crippen MR) is 49.7 cm³/mol. The zero-order chi connectivity index (χ0) is 9.80.